The molecule has 1 saturated carbocycles. The molecule has 22 heavy (non-hydrogen) atoms. The van der Waals surface area contributed by atoms with Gasteiger partial charge in [-0.3, -0.25) is 4.79 Å². The highest BCUT2D eigenvalue weighted by Gasteiger charge is 2.31. The van der Waals surface area contributed by atoms with Gasteiger partial charge in [0.1, 0.15) is 5.82 Å². The molecular formula is C17H21N3O2. The van der Waals surface area contributed by atoms with Crippen molar-refractivity contribution in [2.45, 2.75) is 38.5 Å². The number of hydrogen-bond acceptors (Lipinski definition) is 3. The van der Waals surface area contributed by atoms with Crippen LogP contribution in [0.1, 0.15) is 30.7 Å². The second-order valence-electron chi connectivity index (χ2n) is 5.78. The first-order valence-electron chi connectivity index (χ1n) is 7.74. The molecule has 1 aliphatic rings. The summed E-state index contributed by atoms with van der Waals surface area (Å²) in [7, 11) is 0. The van der Waals surface area contributed by atoms with E-state index in [2.05, 4.69) is 22.4 Å². The van der Waals surface area contributed by atoms with Crippen molar-refractivity contribution in [3.8, 4) is 0 Å². The second kappa shape index (κ2) is 6.75. The molecule has 2 aromatic rings. The van der Waals surface area contributed by atoms with Crippen molar-refractivity contribution in [3.63, 3.8) is 0 Å². The summed E-state index contributed by atoms with van der Waals surface area (Å²) in [6.07, 6.45) is 5.58. The number of carbonyl (C=O) groups excluding carboxylic acids is 1. The largest absolute Gasteiger partial charge is 0.392 e. The first kappa shape index (κ1) is 14.8. The molecule has 1 heterocycles. The van der Waals surface area contributed by atoms with Gasteiger partial charge in [-0.25, -0.2) is 4.98 Å². The minimum atomic E-state index is -0.496. The van der Waals surface area contributed by atoms with Crippen LogP contribution in [0.3, 0.4) is 0 Å². The lowest BCUT2D eigenvalue weighted by Crippen LogP contribution is -2.35. The summed E-state index contributed by atoms with van der Waals surface area (Å²) in [5.74, 6) is 0.487. The maximum atomic E-state index is 12.1. The average Bonchev–Trinajstić information content (AvgIpc) is 3.15. The first-order chi connectivity index (χ1) is 10.7. The Labute approximate surface area is 130 Å². The predicted molar refractivity (Wildman–Crippen MR) is 83.0 cm³/mol. The Hall–Kier alpha value is -2.14. The summed E-state index contributed by atoms with van der Waals surface area (Å²) in [6.45, 7) is 1.12. The Morgan fingerprint density at radius 1 is 1.32 bits per heavy atom. The van der Waals surface area contributed by atoms with Crippen LogP contribution in [0.25, 0.3) is 0 Å². The molecule has 0 radical (unpaired) electrons. The highest BCUT2D eigenvalue weighted by Crippen LogP contribution is 2.25. The number of nitrogens with one attached hydrogen (secondary N) is 1. The fourth-order valence-corrected chi connectivity index (χ4v) is 2.97. The van der Waals surface area contributed by atoms with Gasteiger partial charge >= 0.3 is 0 Å². The van der Waals surface area contributed by atoms with Gasteiger partial charge in [-0.1, -0.05) is 30.3 Å². The van der Waals surface area contributed by atoms with Crippen molar-refractivity contribution in [1.29, 1.82) is 0 Å². The molecule has 0 bridgehead atoms. The van der Waals surface area contributed by atoms with Crippen molar-refractivity contribution in [2.24, 2.45) is 5.92 Å². The van der Waals surface area contributed by atoms with Crippen molar-refractivity contribution in [2.75, 3.05) is 0 Å². The van der Waals surface area contributed by atoms with E-state index in [4.69, 9.17) is 0 Å². The third-order valence-corrected chi connectivity index (χ3v) is 4.23. The molecule has 1 aromatic heterocycles. The fourth-order valence-electron chi connectivity index (χ4n) is 2.97. The first-order valence-corrected chi connectivity index (χ1v) is 7.74. The van der Waals surface area contributed by atoms with E-state index in [1.807, 2.05) is 29.0 Å². The molecule has 2 unspecified atom stereocenters. The van der Waals surface area contributed by atoms with Gasteiger partial charge < -0.3 is 15.0 Å². The summed E-state index contributed by atoms with van der Waals surface area (Å²) in [5.41, 5.74) is 1.19. The maximum absolute atomic E-state index is 12.1. The molecule has 0 aliphatic heterocycles. The van der Waals surface area contributed by atoms with Crippen LogP contribution in [0.2, 0.25) is 0 Å². The Bertz CT molecular complexity index is 624. The SMILES string of the molecule is O=C(NCc1nccn1Cc1ccccc1)C1CCCC1O. The second-order valence-corrected chi connectivity index (χ2v) is 5.78. The van der Waals surface area contributed by atoms with Crippen molar-refractivity contribution >= 4 is 5.91 Å². The van der Waals surface area contributed by atoms with Gasteiger partial charge in [-0.05, 0) is 24.8 Å². The third kappa shape index (κ3) is 3.36. The molecule has 1 aliphatic carbocycles. The predicted octanol–water partition coefficient (Wildman–Crippen LogP) is 1.71. The molecule has 2 atom stereocenters. The molecular weight excluding hydrogens is 278 g/mol. The van der Waals surface area contributed by atoms with E-state index in [9.17, 15) is 9.90 Å². The summed E-state index contributed by atoms with van der Waals surface area (Å²) in [4.78, 5) is 16.4. The number of aliphatic hydroxyl groups excluding tert-OH is 1. The number of amides is 1. The molecule has 0 spiro atoms. The number of carbonyl (C=O) groups is 1. The lowest BCUT2D eigenvalue weighted by atomic mass is 10.1. The molecule has 0 saturated heterocycles. The molecule has 1 aromatic carbocycles. The van der Waals surface area contributed by atoms with Gasteiger partial charge in [0, 0.05) is 18.9 Å². The molecule has 1 amide bonds. The maximum Gasteiger partial charge on any atom is 0.226 e. The van der Waals surface area contributed by atoms with Crippen molar-refractivity contribution in [1.82, 2.24) is 14.9 Å². The van der Waals surface area contributed by atoms with Gasteiger partial charge in [0.15, 0.2) is 0 Å². The summed E-state index contributed by atoms with van der Waals surface area (Å²) in [6, 6.07) is 10.1. The molecule has 116 valence electrons. The topological polar surface area (TPSA) is 67.2 Å². The van der Waals surface area contributed by atoms with Crippen LogP contribution in [0.5, 0.6) is 0 Å². The number of aliphatic hydroxyl groups is 1. The minimum Gasteiger partial charge on any atom is -0.392 e. The zero-order chi connectivity index (χ0) is 15.4. The molecule has 5 nitrogen and oxygen atoms in total. The van der Waals surface area contributed by atoms with E-state index in [0.717, 1.165) is 31.6 Å². The van der Waals surface area contributed by atoms with Crippen molar-refractivity contribution in [3.05, 3.63) is 54.1 Å². The Kier molecular flexibility index (Phi) is 4.53. The quantitative estimate of drug-likeness (QED) is 0.883. The highest BCUT2D eigenvalue weighted by molar-refractivity contribution is 5.79. The number of aromatic nitrogens is 2. The van der Waals surface area contributed by atoms with Gasteiger partial charge in [0.25, 0.3) is 0 Å². The average molecular weight is 299 g/mol. The van der Waals surface area contributed by atoms with Crippen LogP contribution < -0.4 is 5.32 Å². The lowest BCUT2D eigenvalue weighted by Gasteiger charge is -2.15. The number of imidazole rings is 1. The van der Waals surface area contributed by atoms with Crippen LogP contribution in [-0.4, -0.2) is 26.7 Å². The molecule has 1 fully saturated rings. The van der Waals surface area contributed by atoms with Crippen LogP contribution in [0.4, 0.5) is 0 Å². The Morgan fingerprint density at radius 3 is 2.86 bits per heavy atom. The van der Waals surface area contributed by atoms with Gasteiger partial charge in [-0.2, -0.15) is 0 Å². The van der Waals surface area contributed by atoms with Gasteiger partial charge in [0.05, 0.1) is 18.6 Å². The van der Waals surface area contributed by atoms with E-state index >= 15 is 0 Å². The summed E-state index contributed by atoms with van der Waals surface area (Å²) in [5, 5.41) is 12.7. The van der Waals surface area contributed by atoms with Crippen LogP contribution in [0.15, 0.2) is 42.7 Å². The standard InChI is InChI=1S/C17H21N3O2/c21-15-8-4-7-14(15)17(22)19-11-16-18-9-10-20(16)12-13-5-2-1-3-6-13/h1-3,5-6,9-10,14-15,21H,4,7-8,11-12H2,(H,19,22). The normalized spacial score (nSPS) is 21.0. The monoisotopic (exact) mass is 299 g/mol. The molecule has 3 rings (SSSR count). The third-order valence-electron chi connectivity index (χ3n) is 4.23. The Balaban J connectivity index is 1.59. The smallest absolute Gasteiger partial charge is 0.226 e. The molecule has 2 N–H and O–H groups in total. The van der Waals surface area contributed by atoms with E-state index in [-0.39, 0.29) is 11.8 Å². The van der Waals surface area contributed by atoms with E-state index in [0.29, 0.717) is 6.54 Å². The minimum absolute atomic E-state index is 0.0701. The number of hydrogen-bond donors (Lipinski definition) is 2. The Morgan fingerprint density at radius 2 is 2.14 bits per heavy atom. The zero-order valence-electron chi connectivity index (χ0n) is 12.5. The summed E-state index contributed by atoms with van der Waals surface area (Å²) >= 11 is 0. The van der Waals surface area contributed by atoms with Crippen molar-refractivity contribution < 1.29 is 9.90 Å². The lowest BCUT2D eigenvalue weighted by molar-refractivity contribution is -0.127. The van der Waals surface area contributed by atoms with E-state index in [1.54, 1.807) is 6.20 Å². The fraction of sp³-hybridized carbons (Fsp3) is 0.412. The van der Waals surface area contributed by atoms with Gasteiger partial charge in [-0.15, -0.1) is 0 Å². The number of nitrogens with zero attached hydrogens (tertiary/aromatic N) is 2. The van der Waals surface area contributed by atoms with E-state index in [1.165, 1.54) is 5.56 Å². The highest BCUT2D eigenvalue weighted by atomic mass is 16.3. The van der Waals surface area contributed by atoms with Crippen LogP contribution >= 0.6 is 0 Å². The van der Waals surface area contributed by atoms with E-state index < -0.39 is 6.10 Å². The van der Waals surface area contributed by atoms with Crippen LogP contribution in [0, 0.1) is 5.92 Å². The van der Waals surface area contributed by atoms with Crippen LogP contribution in [-0.2, 0) is 17.9 Å². The van der Waals surface area contributed by atoms with Gasteiger partial charge in [0.2, 0.25) is 5.91 Å². The zero-order valence-corrected chi connectivity index (χ0v) is 12.5. The number of benzene rings is 1. The molecule has 5 heteroatoms. The summed E-state index contributed by atoms with van der Waals surface area (Å²) < 4.78 is 2.03. The number of rotatable bonds is 5.